The Kier molecular flexibility index (Phi) is 5.54. The molecule has 122 valence electrons. The van der Waals surface area contributed by atoms with Crippen LogP contribution < -0.4 is 10.6 Å². The highest BCUT2D eigenvalue weighted by Gasteiger charge is 2.19. The second-order valence-electron chi connectivity index (χ2n) is 5.60. The highest BCUT2D eigenvalue weighted by atomic mass is 79.9. The summed E-state index contributed by atoms with van der Waals surface area (Å²) in [5, 5.41) is 9.63. The molecule has 1 aromatic heterocycles. The van der Waals surface area contributed by atoms with Crippen molar-refractivity contribution in [2.45, 2.75) is 13.8 Å². The van der Waals surface area contributed by atoms with Gasteiger partial charge in [-0.3, -0.25) is 14.3 Å². The molecule has 2 aromatic rings. The van der Waals surface area contributed by atoms with Gasteiger partial charge in [0.1, 0.15) is 5.69 Å². The number of benzene rings is 1. The first-order valence-corrected chi connectivity index (χ1v) is 8.05. The Balaban J connectivity index is 2.16. The average molecular weight is 379 g/mol. The molecule has 2 rings (SSSR count). The summed E-state index contributed by atoms with van der Waals surface area (Å²) in [5.74, 6) is -0.207. The molecule has 0 aliphatic rings. The summed E-state index contributed by atoms with van der Waals surface area (Å²) in [6.07, 6.45) is 1.47. The smallest absolute Gasteiger partial charge is 0.271 e. The van der Waals surface area contributed by atoms with E-state index < -0.39 is 0 Å². The molecule has 0 atom stereocenters. The van der Waals surface area contributed by atoms with E-state index in [0.717, 1.165) is 4.47 Å². The number of anilines is 1. The quantitative estimate of drug-likeness (QED) is 0.839. The molecule has 0 spiro atoms. The first kappa shape index (κ1) is 17.2. The Morgan fingerprint density at radius 2 is 1.87 bits per heavy atom. The van der Waals surface area contributed by atoms with Crippen molar-refractivity contribution in [3.8, 4) is 0 Å². The zero-order valence-corrected chi connectivity index (χ0v) is 14.8. The number of hydrogen-bond acceptors (Lipinski definition) is 3. The SMILES string of the molecule is CC(C)CNC(=O)c1c(NC(=O)c2ccc(Br)cc2)cnn1C. The number of halogens is 1. The Labute approximate surface area is 143 Å². The fraction of sp³-hybridized carbons (Fsp3) is 0.312. The summed E-state index contributed by atoms with van der Waals surface area (Å²) in [6.45, 7) is 4.59. The molecule has 1 aromatic carbocycles. The van der Waals surface area contributed by atoms with Crippen LogP contribution in [-0.4, -0.2) is 28.1 Å². The predicted molar refractivity (Wildman–Crippen MR) is 92.5 cm³/mol. The second kappa shape index (κ2) is 7.41. The zero-order valence-electron chi connectivity index (χ0n) is 13.3. The fourth-order valence-corrected chi connectivity index (χ4v) is 2.24. The van der Waals surface area contributed by atoms with Crippen molar-refractivity contribution in [1.82, 2.24) is 15.1 Å². The van der Waals surface area contributed by atoms with Crippen LogP contribution in [0.1, 0.15) is 34.7 Å². The number of amides is 2. The van der Waals surface area contributed by atoms with Gasteiger partial charge in [0, 0.05) is 23.6 Å². The third-order valence-corrected chi connectivity index (χ3v) is 3.71. The summed E-state index contributed by atoms with van der Waals surface area (Å²) < 4.78 is 2.34. The van der Waals surface area contributed by atoms with Crippen molar-refractivity contribution in [3.63, 3.8) is 0 Å². The molecule has 0 fully saturated rings. The maximum atomic E-state index is 12.3. The number of aryl methyl sites for hydroxylation is 1. The summed E-state index contributed by atoms with van der Waals surface area (Å²) >= 11 is 3.33. The lowest BCUT2D eigenvalue weighted by atomic mass is 10.2. The van der Waals surface area contributed by atoms with E-state index in [1.54, 1.807) is 31.3 Å². The van der Waals surface area contributed by atoms with E-state index in [1.807, 2.05) is 13.8 Å². The normalized spacial score (nSPS) is 10.7. The minimum atomic E-state index is -0.289. The molecule has 1 heterocycles. The Bertz CT molecular complexity index is 707. The standard InChI is InChI=1S/C16H19BrN4O2/c1-10(2)8-18-16(23)14-13(9-19-21(14)3)20-15(22)11-4-6-12(17)7-5-11/h4-7,9-10H,8H2,1-3H3,(H,18,23)(H,20,22). The van der Waals surface area contributed by atoms with E-state index >= 15 is 0 Å². The van der Waals surface area contributed by atoms with Crippen molar-refractivity contribution in [3.05, 3.63) is 46.2 Å². The van der Waals surface area contributed by atoms with Gasteiger partial charge in [-0.25, -0.2) is 0 Å². The van der Waals surface area contributed by atoms with E-state index in [9.17, 15) is 9.59 Å². The van der Waals surface area contributed by atoms with Gasteiger partial charge in [0.25, 0.3) is 11.8 Å². The molecule has 0 saturated heterocycles. The van der Waals surface area contributed by atoms with Crippen molar-refractivity contribution < 1.29 is 9.59 Å². The van der Waals surface area contributed by atoms with Crippen LogP contribution >= 0.6 is 15.9 Å². The number of carbonyl (C=O) groups excluding carboxylic acids is 2. The van der Waals surface area contributed by atoms with Gasteiger partial charge in [-0.15, -0.1) is 0 Å². The first-order chi connectivity index (χ1) is 10.9. The van der Waals surface area contributed by atoms with Crippen LogP contribution in [0.15, 0.2) is 34.9 Å². The molecular weight excluding hydrogens is 360 g/mol. The van der Waals surface area contributed by atoms with Crippen molar-refractivity contribution >= 4 is 33.4 Å². The van der Waals surface area contributed by atoms with Crippen LogP contribution in [0, 0.1) is 5.92 Å². The summed E-state index contributed by atoms with van der Waals surface area (Å²) in [4.78, 5) is 24.6. The van der Waals surface area contributed by atoms with Gasteiger partial charge in [0.2, 0.25) is 0 Å². The molecule has 0 aliphatic heterocycles. The van der Waals surface area contributed by atoms with E-state index in [-0.39, 0.29) is 11.8 Å². The Morgan fingerprint density at radius 1 is 1.22 bits per heavy atom. The van der Waals surface area contributed by atoms with Crippen LogP contribution in [0.3, 0.4) is 0 Å². The molecule has 2 amide bonds. The summed E-state index contributed by atoms with van der Waals surface area (Å²) in [6, 6.07) is 6.98. The first-order valence-electron chi connectivity index (χ1n) is 7.25. The minimum absolute atomic E-state index is 0.259. The third kappa shape index (κ3) is 4.41. The number of rotatable bonds is 5. The van der Waals surface area contributed by atoms with Crippen LogP contribution in [0.2, 0.25) is 0 Å². The monoisotopic (exact) mass is 378 g/mol. The van der Waals surface area contributed by atoms with Gasteiger partial charge >= 0.3 is 0 Å². The number of nitrogens with one attached hydrogen (secondary N) is 2. The number of nitrogens with zero attached hydrogens (tertiary/aromatic N) is 2. The van der Waals surface area contributed by atoms with Crippen molar-refractivity contribution in [2.24, 2.45) is 13.0 Å². The lowest BCUT2D eigenvalue weighted by Gasteiger charge is -2.10. The second-order valence-corrected chi connectivity index (χ2v) is 6.51. The van der Waals surface area contributed by atoms with E-state index in [0.29, 0.717) is 29.4 Å². The van der Waals surface area contributed by atoms with E-state index in [1.165, 1.54) is 10.9 Å². The van der Waals surface area contributed by atoms with Crippen LogP contribution in [-0.2, 0) is 7.05 Å². The molecule has 0 aliphatic carbocycles. The fourth-order valence-electron chi connectivity index (χ4n) is 1.97. The molecule has 0 saturated carbocycles. The van der Waals surface area contributed by atoms with Gasteiger partial charge in [-0.05, 0) is 30.2 Å². The van der Waals surface area contributed by atoms with Crippen molar-refractivity contribution in [1.29, 1.82) is 0 Å². The molecule has 7 heteroatoms. The van der Waals surface area contributed by atoms with Crippen LogP contribution in [0.5, 0.6) is 0 Å². The minimum Gasteiger partial charge on any atom is -0.350 e. The summed E-state index contributed by atoms with van der Waals surface area (Å²) in [5.41, 5.74) is 1.23. The summed E-state index contributed by atoms with van der Waals surface area (Å²) in [7, 11) is 1.67. The number of hydrogen-bond donors (Lipinski definition) is 2. The van der Waals surface area contributed by atoms with Gasteiger partial charge in [0.15, 0.2) is 0 Å². The zero-order chi connectivity index (χ0) is 17.0. The van der Waals surface area contributed by atoms with Crippen molar-refractivity contribution in [2.75, 3.05) is 11.9 Å². The van der Waals surface area contributed by atoms with E-state index in [4.69, 9.17) is 0 Å². The predicted octanol–water partition coefficient (Wildman–Crippen LogP) is 2.82. The Hall–Kier alpha value is -2.15. The molecular formula is C16H19BrN4O2. The van der Waals surface area contributed by atoms with Gasteiger partial charge in [0.05, 0.1) is 11.9 Å². The highest BCUT2D eigenvalue weighted by molar-refractivity contribution is 9.10. The lowest BCUT2D eigenvalue weighted by molar-refractivity contribution is 0.0940. The van der Waals surface area contributed by atoms with Gasteiger partial charge in [-0.1, -0.05) is 29.8 Å². The average Bonchev–Trinajstić information content (AvgIpc) is 2.86. The molecule has 0 radical (unpaired) electrons. The van der Waals surface area contributed by atoms with Crippen LogP contribution in [0.4, 0.5) is 5.69 Å². The maximum Gasteiger partial charge on any atom is 0.271 e. The molecule has 23 heavy (non-hydrogen) atoms. The molecule has 0 unspecified atom stereocenters. The highest BCUT2D eigenvalue weighted by Crippen LogP contribution is 2.17. The molecule has 6 nitrogen and oxygen atoms in total. The maximum absolute atomic E-state index is 12.3. The van der Waals surface area contributed by atoms with Crippen LogP contribution in [0.25, 0.3) is 0 Å². The van der Waals surface area contributed by atoms with Gasteiger partial charge in [-0.2, -0.15) is 5.10 Å². The molecule has 2 N–H and O–H groups in total. The number of aromatic nitrogens is 2. The Morgan fingerprint density at radius 3 is 2.48 bits per heavy atom. The van der Waals surface area contributed by atoms with Gasteiger partial charge < -0.3 is 10.6 Å². The van der Waals surface area contributed by atoms with E-state index in [2.05, 4.69) is 31.7 Å². The topological polar surface area (TPSA) is 76.0 Å². The molecule has 0 bridgehead atoms. The number of carbonyl (C=O) groups is 2. The third-order valence-electron chi connectivity index (χ3n) is 3.18. The lowest BCUT2D eigenvalue weighted by Crippen LogP contribution is -2.30. The largest absolute Gasteiger partial charge is 0.350 e.